The van der Waals surface area contributed by atoms with Gasteiger partial charge in [0.15, 0.2) is 0 Å². The Morgan fingerprint density at radius 2 is 2.28 bits per heavy atom. The molecule has 2 aromatic heterocycles. The van der Waals surface area contributed by atoms with Crippen LogP contribution in [0.5, 0.6) is 0 Å². The fourth-order valence-corrected chi connectivity index (χ4v) is 1.51. The van der Waals surface area contributed by atoms with Crippen molar-refractivity contribution >= 4 is 0 Å². The molecule has 0 unspecified atom stereocenters. The van der Waals surface area contributed by atoms with E-state index in [-0.39, 0.29) is 0 Å². The summed E-state index contributed by atoms with van der Waals surface area (Å²) in [6.45, 7) is 5.20. The molecule has 0 spiro atoms. The Kier molecular flexibility index (Phi) is 4.35. The van der Waals surface area contributed by atoms with Gasteiger partial charge in [-0.25, -0.2) is 9.97 Å². The average Bonchev–Trinajstić information content (AvgIpc) is 2.84. The van der Waals surface area contributed by atoms with Gasteiger partial charge in [-0.3, -0.25) is 0 Å². The maximum Gasteiger partial charge on any atom is 0.227 e. The largest absolute Gasteiger partial charge is 0.339 e. The van der Waals surface area contributed by atoms with Crippen LogP contribution in [-0.2, 0) is 6.42 Å². The molecular formula is C12H17N5O. The van der Waals surface area contributed by atoms with E-state index in [0.717, 1.165) is 19.4 Å². The van der Waals surface area contributed by atoms with Crippen molar-refractivity contribution in [3.63, 3.8) is 0 Å². The molecule has 6 heteroatoms. The Morgan fingerprint density at radius 3 is 3.00 bits per heavy atom. The quantitative estimate of drug-likeness (QED) is 0.779. The van der Waals surface area contributed by atoms with Gasteiger partial charge in [0.05, 0.1) is 0 Å². The van der Waals surface area contributed by atoms with Gasteiger partial charge in [-0.05, 0) is 19.0 Å². The molecule has 0 amide bonds. The number of nitrogens with zero attached hydrogens (tertiary/aromatic N) is 4. The Morgan fingerprint density at radius 1 is 1.39 bits per heavy atom. The minimum atomic E-state index is 0.504. The molecular weight excluding hydrogens is 230 g/mol. The zero-order chi connectivity index (χ0) is 12.8. The van der Waals surface area contributed by atoms with Crippen molar-refractivity contribution in [2.24, 2.45) is 0 Å². The number of hydrogen-bond acceptors (Lipinski definition) is 6. The second kappa shape index (κ2) is 6.20. The molecule has 0 fully saturated rings. The van der Waals surface area contributed by atoms with Crippen LogP contribution in [-0.4, -0.2) is 32.7 Å². The van der Waals surface area contributed by atoms with E-state index in [2.05, 4.69) is 39.3 Å². The Hall–Kier alpha value is -1.82. The van der Waals surface area contributed by atoms with Crippen LogP contribution in [0.2, 0.25) is 0 Å². The van der Waals surface area contributed by atoms with Crippen LogP contribution in [0.4, 0.5) is 0 Å². The normalized spacial score (nSPS) is 11.1. The lowest BCUT2D eigenvalue weighted by Gasteiger charge is -2.05. The Bertz CT molecular complexity index is 468. The summed E-state index contributed by atoms with van der Waals surface area (Å²) < 4.78 is 5.18. The fraction of sp³-hybridized carbons (Fsp3) is 0.500. The first-order chi connectivity index (χ1) is 8.75. The van der Waals surface area contributed by atoms with Gasteiger partial charge in [-0.15, -0.1) is 0 Å². The third-order valence-corrected chi connectivity index (χ3v) is 2.40. The summed E-state index contributed by atoms with van der Waals surface area (Å²) in [4.78, 5) is 12.2. The van der Waals surface area contributed by atoms with Gasteiger partial charge in [-0.1, -0.05) is 19.0 Å². The molecule has 0 radical (unpaired) electrons. The summed E-state index contributed by atoms with van der Waals surface area (Å²) in [6.07, 6.45) is 4.88. The topological polar surface area (TPSA) is 76.7 Å². The second-order valence-electron chi connectivity index (χ2n) is 4.32. The van der Waals surface area contributed by atoms with Gasteiger partial charge < -0.3 is 9.84 Å². The first-order valence-electron chi connectivity index (χ1n) is 6.08. The van der Waals surface area contributed by atoms with Crippen molar-refractivity contribution in [3.05, 3.63) is 24.5 Å². The lowest BCUT2D eigenvalue weighted by atomic mass is 10.3. The average molecular weight is 247 g/mol. The molecule has 0 aliphatic heterocycles. The molecule has 0 atom stereocenters. The summed E-state index contributed by atoms with van der Waals surface area (Å²) in [6, 6.07) is 2.26. The summed E-state index contributed by atoms with van der Waals surface area (Å²) in [5.41, 5.74) is 0.681. The maximum atomic E-state index is 5.18. The minimum Gasteiger partial charge on any atom is -0.339 e. The third kappa shape index (κ3) is 3.59. The Labute approximate surface area is 106 Å². The highest BCUT2D eigenvalue weighted by atomic mass is 16.5. The van der Waals surface area contributed by atoms with Crippen LogP contribution < -0.4 is 5.32 Å². The van der Waals surface area contributed by atoms with Crippen LogP contribution in [0, 0.1) is 0 Å². The molecule has 0 bridgehead atoms. The van der Waals surface area contributed by atoms with E-state index in [0.29, 0.717) is 23.5 Å². The zero-order valence-corrected chi connectivity index (χ0v) is 10.6. The lowest BCUT2D eigenvalue weighted by molar-refractivity contribution is 0.374. The van der Waals surface area contributed by atoms with E-state index in [9.17, 15) is 0 Å². The second-order valence-corrected chi connectivity index (χ2v) is 4.32. The molecule has 18 heavy (non-hydrogen) atoms. The molecule has 0 aliphatic carbocycles. The highest BCUT2D eigenvalue weighted by Gasteiger charge is 2.08. The molecule has 96 valence electrons. The SMILES string of the molecule is CC(C)NCCCc1nc(-c2ccncn2)no1. The highest BCUT2D eigenvalue weighted by Crippen LogP contribution is 2.11. The van der Waals surface area contributed by atoms with Crippen molar-refractivity contribution < 1.29 is 4.52 Å². The smallest absolute Gasteiger partial charge is 0.227 e. The highest BCUT2D eigenvalue weighted by molar-refractivity contribution is 5.46. The molecule has 1 N–H and O–H groups in total. The van der Waals surface area contributed by atoms with Crippen LogP contribution in [0.25, 0.3) is 11.5 Å². The summed E-state index contributed by atoms with van der Waals surface area (Å²) in [5, 5.41) is 7.25. The first kappa shape index (κ1) is 12.6. The van der Waals surface area contributed by atoms with E-state index in [1.54, 1.807) is 12.3 Å². The molecule has 0 saturated heterocycles. The monoisotopic (exact) mass is 247 g/mol. The van der Waals surface area contributed by atoms with Crippen LogP contribution in [0.15, 0.2) is 23.1 Å². The van der Waals surface area contributed by atoms with Crippen molar-refractivity contribution in [1.82, 2.24) is 25.4 Å². The van der Waals surface area contributed by atoms with Crippen molar-refractivity contribution in [3.8, 4) is 11.5 Å². The van der Waals surface area contributed by atoms with E-state index < -0.39 is 0 Å². The van der Waals surface area contributed by atoms with E-state index in [1.165, 1.54) is 6.33 Å². The molecule has 0 aliphatic rings. The van der Waals surface area contributed by atoms with E-state index in [4.69, 9.17) is 4.52 Å². The van der Waals surface area contributed by atoms with Crippen molar-refractivity contribution in [1.29, 1.82) is 0 Å². The number of rotatable bonds is 6. The van der Waals surface area contributed by atoms with Crippen molar-refractivity contribution in [2.75, 3.05) is 6.54 Å². The van der Waals surface area contributed by atoms with Crippen LogP contribution >= 0.6 is 0 Å². The van der Waals surface area contributed by atoms with E-state index in [1.807, 2.05) is 0 Å². The number of hydrogen-bond donors (Lipinski definition) is 1. The Balaban J connectivity index is 1.87. The van der Waals surface area contributed by atoms with Gasteiger partial charge in [-0.2, -0.15) is 4.98 Å². The predicted molar refractivity (Wildman–Crippen MR) is 66.8 cm³/mol. The number of nitrogens with one attached hydrogen (secondary N) is 1. The summed E-state index contributed by atoms with van der Waals surface area (Å²) in [7, 11) is 0. The summed E-state index contributed by atoms with van der Waals surface area (Å²) >= 11 is 0. The fourth-order valence-electron chi connectivity index (χ4n) is 1.51. The van der Waals surface area contributed by atoms with Gasteiger partial charge >= 0.3 is 0 Å². The molecule has 0 aromatic carbocycles. The van der Waals surface area contributed by atoms with Gasteiger partial charge in [0, 0.05) is 18.7 Å². The molecule has 2 heterocycles. The minimum absolute atomic E-state index is 0.504. The first-order valence-corrected chi connectivity index (χ1v) is 6.08. The zero-order valence-electron chi connectivity index (χ0n) is 10.6. The maximum absolute atomic E-state index is 5.18. The lowest BCUT2D eigenvalue weighted by Crippen LogP contribution is -2.23. The molecule has 2 aromatic rings. The van der Waals surface area contributed by atoms with Crippen LogP contribution in [0.3, 0.4) is 0 Å². The van der Waals surface area contributed by atoms with Gasteiger partial charge in [0.1, 0.15) is 12.0 Å². The molecule has 2 rings (SSSR count). The third-order valence-electron chi connectivity index (χ3n) is 2.40. The molecule has 6 nitrogen and oxygen atoms in total. The van der Waals surface area contributed by atoms with Crippen LogP contribution in [0.1, 0.15) is 26.2 Å². The van der Waals surface area contributed by atoms with Crippen molar-refractivity contribution in [2.45, 2.75) is 32.7 Å². The van der Waals surface area contributed by atoms with E-state index >= 15 is 0 Å². The van der Waals surface area contributed by atoms with Gasteiger partial charge in [0.25, 0.3) is 0 Å². The van der Waals surface area contributed by atoms with Gasteiger partial charge in [0.2, 0.25) is 11.7 Å². The number of aryl methyl sites for hydroxylation is 1. The molecule has 0 saturated carbocycles. The summed E-state index contributed by atoms with van der Waals surface area (Å²) in [5.74, 6) is 1.17. The number of aromatic nitrogens is 4. The predicted octanol–water partition coefficient (Wildman–Crippen LogP) is 1.46. The standard InChI is InChI=1S/C12H17N5O/c1-9(2)14-6-3-4-11-16-12(17-18-11)10-5-7-13-8-15-10/h5,7-9,14H,3-4,6H2,1-2H3.